The molecule has 1 aliphatic carbocycles. The van der Waals surface area contributed by atoms with Crippen molar-refractivity contribution in [1.82, 2.24) is 10.2 Å². The first-order valence-electron chi connectivity index (χ1n) is 15.3. The summed E-state index contributed by atoms with van der Waals surface area (Å²) in [5.74, 6) is 0.291. The fourth-order valence-corrected chi connectivity index (χ4v) is 7.11. The average Bonchev–Trinajstić information content (AvgIpc) is 3.59. The highest BCUT2D eigenvalue weighted by atomic mass is 32.2. The lowest BCUT2D eigenvalue weighted by Gasteiger charge is -2.34. The second kappa shape index (κ2) is 15.7. The van der Waals surface area contributed by atoms with Crippen molar-refractivity contribution >= 4 is 27.5 Å². The van der Waals surface area contributed by atoms with Crippen LogP contribution in [0.2, 0.25) is 0 Å². The second-order valence-electron chi connectivity index (χ2n) is 11.0. The largest absolute Gasteiger partial charge is 0.497 e. The zero-order valence-corrected chi connectivity index (χ0v) is 27.8. The molecular weight excluding hydrogens is 610 g/mol. The topological polar surface area (TPSA) is 124 Å². The third-order valence-corrected chi connectivity index (χ3v) is 9.92. The molecule has 1 aliphatic rings. The molecule has 1 saturated carbocycles. The minimum absolute atomic E-state index is 0.0539. The Morgan fingerprint density at radius 3 is 2.11 bits per heavy atom. The number of rotatable bonds is 15. The Morgan fingerprint density at radius 2 is 1.50 bits per heavy atom. The van der Waals surface area contributed by atoms with E-state index >= 15 is 0 Å². The van der Waals surface area contributed by atoms with Crippen LogP contribution in [0.4, 0.5) is 5.69 Å². The normalized spacial score (nSPS) is 13.8. The van der Waals surface area contributed by atoms with Crippen LogP contribution >= 0.6 is 0 Å². The summed E-state index contributed by atoms with van der Waals surface area (Å²) in [6, 6.07) is 17.4. The molecule has 3 aromatic rings. The van der Waals surface area contributed by atoms with E-state index in [-0.39, 0.29) is 40.6 Å². The van der Waals surface area contributed by atoms with Crippen LogP contribution < -0.4 is 28.6 Å². The number of amides is 2. The predicted molar refractivity (Wildman–Crippen MR) is 175 cm³/mol. The van der Waals surface area contributed by atoms with Gasteiger partial charge in [-0.3, -0.25) is 13.9 Å². The molecule has 46 heavy (non-hydrogen) atoms. The Bertz CT molecular complexity index is 1590. The van der Waals surface area contributed by atoms with E-state index in [2.05, 4.69) is 5.32 Å². The number of hydrogen-bond donors (Lipinski definition) is 1. The van der Waals surface area contributed by atoms with Crippen molar-refractivity contribution in [3.63, 3.8) is 0 Å². The molecule has 11 nitrogen and oxygen atoms in total. The van der Waals surface area contributed by atoms with Crippen LogP contribution in [0.5, 0.6) is 23.0 Å². The Kier molecular flexibility index (Phi) is 11.8. The fourth-order valence-electron chi connectivity index (χ4n) is 5.68. The molecule has 0 unspecified atom stereocenters. The van der Waals surface area contributed by atoms with Crippen molar-refractivity contribution in [2.75, 3.05) is 39.3 Å². The lowest BCUT2D eigenvalue weighted by Crippen LogP contribution is -2.53. The van der Waals surface area contributed by atoms with E-state index in [4.69, 9.17) is 18.9 Å². The molecule has 0 aromatic heterocycles. The van der Waals surface area contributed by atoms with Gasteiger partial charge in [0.1, 0.15) is 24.1 Å². The smallest absolute Gasteiger partial charge is 0.265 e. The van der Waals surface area contributed by atoms with Crippen molar-refractivity contribution in [2.45, 2.75) is 62.6 Å². The number of ether oxygens (including phenoxy) is 4. The lowest BCUT2D eigenvalue weighted by atomic mass is 10.1. The average molecular weight is 654 g/mol. The molecule has 248 valence electrons. The first kappa shape index (κ1) is 34.4. The fraction of sp³-hybridized carbons (Fsp3) is 0.412. The highest BCUT2D eigenvalue weighted by Crippen LogP contribution is 2.38. The van der Waals surface area contributed by atoms with Crippen LogP contribution in [0.3, 0.4) is 0 Å². The van der Waals surface area contributed by atoms with Crippen LogP contribution in [-0.4, -0.2) is 72.2 Å². The van der Waals surface area contributed by atoms with Gasteiger partial charge in [-0.1, -0.05) is 50.1 Å². The van der Waals surface area contributed by atoms with Gasteiger partial charge in [0, 0.05) is 24.7 Å². The van der Waals surface area contributed by atoms with E-state index in [0.29, 0.717) is 17.9 Å². The number of nitrogens with one attached hydrogen (secondary N) is 1. The Labute approximate surface area is 271 Å². The number of anilines is 1. The van der Waals surface area contributed by atoms with Gasteiger partial charge in [-0.15, -0.1) is 0 Å². The van der Waals surface area contributed by atoms with Gasteiger partial charge in [-0.05, 0) is 49.1 Å². The highest BCUT2D eigenvalue weighted by molar-refractivity contribution is 7.92. The standard InChI is InChI=1S/C34H43N3O8S/c1-6-28(34(39)35-25-14-10-11-15-25)36(22-24-12-8-7-9-13-24)33(38)23-37(29-20-26(42-2)16-18-30(29)43-3)46(40,41)27-17-19-31(44-4)32(21-27)45-5/h7-9,12-13,16-21,25,28H,6,10-11,14-15,22-23H2,1-5H3,(H,35,39)/t28-/m1/s1. The van der Waals surface area contributed by atoms with Crippen molar-refractivity contribution in [2.24, 2.45) is 0 Å². The summed E-state index contributed by atoms with van der Waals surface area (Å²) in [6.07, 6.45) is 4.20. The van der Waals surface area contributed by atoms with Gasteiger partial charge in [0.15, 0.2) is 11.5 Å². The van der Waals surface area contributed by atoms with Crippen LogP contribution in [0, 0.1) is 0 Å². The summed E-state index contributed by atoms with van der Waals surface area (Å²) in [5.41, 5.74) is 0.893. The number of hydrogen-bond acceptors (Lipinski definition) is 8. The molecule has 0 radical (unpaired) electrons. The lowest BCUT2D eigenvalue weighted by molar-refractivity contribution is -0.140. The van der Waals surface area contributed by atoms with E-state index in [1.807, 2.05) is 37.3 Å². The van der Waals surface area contributed by atoms with Gasteiger partial charge < -0.3 is 29.2 Å². The van der Waals surface area contributed by atoms with Crippen molar-refractivity contribution in [1.29, 1.82) is 0 Å². The van der Waals surface area contributed by atoms with Crippen LogP contribution in [-0.2, 0) is 26.2 Å². The van der Waals surface area contributed by atoms with Gasteiger partial charge in [-0.2, -0.15) is 0 Å². The van der Waals surface area contributed by atoms with Crippen molar-refractivity contribution < 1.29 is 37.0 Å². The number of sulfonamides is 1. The van der Waals surface area contributed by atoms with Crippen molar-refractivity contribution in [3.05, 3.63) is 72.3 Å². The summed E-state index contributed by atoms with van der Waals surface area (Å²) in [5, 5.41) is 3.12. The second-order valence-corrected chi connectivity index (χ2v) is 12.8. The first-order valence-corrected chi connectivity index (χ1v) is 16.7. The summed E-state index contributed by atoms with van der Waals surface area (Å²) >= 11 is 0. The molecule has 0 saturated heterocycles. The van der Waals surface area contributed by atoms with Gasteiger partial charge in [-0.25, -0.2) is 8.42 Å². The Hall–Kier alpha value is -4.45. The maximum atomic E-state index is 14.5. The molecule has 3 aromatic carbocycles. The monoisotopic (exact) mass is 653 g/mol. The van der Waals surface area contributed by atoms with E-state index in [1.165, 1.54) is 57.6 Å². The molecule has 1 fully saturated rings. The molecule has 1 atom stereocenters. The summed E-state index contributed by atoms with van der Waals surface area (Å²) in [4.78, 5) is 29.4. The molecule has 0 spiro atoms. The van der Waals surface area contributed by atoms with Crippen LogP contribution in [0.25, 0.3) is 0 Å². The van der Waals surface area contributed by atoms with E-state index in [0.717, 1.165) is 35.6 Å². The SMILES string of the molecule is CC[C@H](C(=O)NC1CCCC1)N(Cc1ccccc1)C(=O)CN(c1cc(OC)ccc1OC)S(=O)(=O)c1ccc(OC)c(OC)c1. The zero-order chi connectivity index (χ0) is 33.3. The van der Waals surface area contributed by atoms with Crippen molar-refractivity contribution in [3.8, 4) is 23.0 Å². The molecule has 0 bridgehead atoms. The minimum Gasteiger partial charge on any atom is -0.497 e. The maximum absolute atomic E-state index is 14.5. The Morgan fingerprint density at radius 1 is 0.848 bits per heavy atom. The molecular formula is C34H43N3O8S. The molecule has 1 N–H and O–H groups in total. The number of carbonyl (C=O) groups excluding carboxylic acids is 2. The first-order chi connectivity index (χ1) is 22.2. The number of carbonyl (C=O) groups is 2. The molecule has 4 rings (SSSR count). The van der Waals surface area contributed by atoms with E-state index in [1.54, 1.807) is 12.1 Å². The number of methoxy groups -OCH3 is 4. The maximum Gasteiger partial charge on any atom is 0.265 e. The number of nitrogens with zero attached hydrogens (tertiary/aromatic N) is 2. The number of benzene rings is 3. The zero-order valence-electron chi connectivity index (χ0n) is 27.0. The Balaban J connectivity index is 1.81. The molecule has 12 heteroatoms. The van der Waals surface area contributed by atoms with Gasteiger partial charge >= 0.3 is 0 Å². The van der Waals surface area contributed by atoms with Gasteiger partial charge in [0.2, 0.25) is 11.8 Å². The molecule has 0 aliphatic heterocycles. The van der Waals surface area contributed by atoms with Crippen LogP contribution in [0.1, 0.15) is 44.6 Å². The van der Waals surface area contributed by atoms with Gasteiger partial charge in [0.05, 0.1) is 39.0 Å². The third kappa shape index (κ3) is 7.85. The summed E-state index contributed by atoms with van der Waals surface area (Å²) in [6.45, 7) is 1.32. The summed E-state index contributed by atoms with van der Waals surface area (Å²) in [7, 11) is 1.30. The highest BCUT2D eigenvalue weighted by Gasteiger charge is 2.36. The molecule has 2 amide bonds. The van der Waals surface area contributed by atoms with Gasteiger partial charge in [0.25, 0.3) is 10.0 Å². The molecule has 0 heterocycles. The van der Waals surface area contributed by atoms with Crippen LogP contribution in [0.15, 0.2) is 71.6 Å². The van der Waals surface area contributed by atoms with E-state index < -0.39 is 28.5 Å². The summed E-state index contributed by atoms with van der Waals surface area (Å²) < 4.78 is 51.6. The minimum atomic E-state index is -4.43. The predicted octanol–water partition coefficient (Wildman–Crippen LogP) is 4.78. The quantitative estimate of drug-likeness (QED) is 0.249. The van der Waals surface area contributed by atoms with E-state index in [9.17, 15) is 18.0 Å². The third-order valence-electron chi connectivity index (χ3n) is 8.16.